The van der Waals surface area contributed by atoms with Gasteiger partial charge in [0.25, 0.3) is 11.8 Å². The van der Waals surface area contributed by atoms with Gasteiger partial charge in [-0.3, -0.25) is 19.2 Å². The second-order valence-corrected chi connectivity index (χ2v) is 7.12. The Bertz CT molecular complexity index is 790. The number of rotatable bonds is 2. The van der Waals surface area contributed by atoms with Gasteiger partial charge in [-0.15, -0.1) is 0 Å². The van der Waals surface area contributed by atoms with Crippen LogP contribution < -0.4 is 0 Å². The summed E-state index contributed by atoms with van der Waals surface area (Å²) >= 11 is 6.52. The number of benzene rings is 2. The summed E-state index contributed by atoms with van der Waals surface area (Å²) in [5.41, 5.74) is 0.330. The monoisotopic (exact) mass is 480 g/mol. The molecule has 6 nitrogen and oxygen atoms in total. The van der Waals surface area contributed by atoms with Gasteiger partial charge in [-0.1, -0.05) is 31.9 Å². The van der Waals surface area contributed by atoms with Crippen LogP contribution in [0.4, 0.5) is 0 Å². The lowest BCUT2D eigenvalue weighted by molar-refractivity contribution is -0.149. The zero-order valence-electron chi connectivity index (χ0n) is 13.9. The van der Waals surface area contributed by atoms with Crippen molar-refractivity contribution in [2.24, 2.45) is 0 Å². The van der Waals surface area contributed by atoms with E-state index in [1.54, 1.807) is 24.3 Å². The van der Waals surface area contributed by atoms with Crippen LogP contribution in [0, 0.1) is 0 Å². The van der Waals surface area contributed by atoms with Gasteiger partial charge in [-0.2, -0.15) is 10.0 Å². The third-order valence-corrected chi connectivity index (χ3v) is 4.42. The quantitative estimate of drug-likeness (QED) is 0.611. The highest BCUT2D eigenvalue weighted by Crippen LogP contribution is 2.17. The van der Waals surface area contributed by atoms with E-state index in [9.17, 15) is 19.2 Å². The highest BCUT2D eigenvalue weighted by atomic mass is 79.9. The maximum Gasteiger partial charge on any atom is 0.280 e. The SMILES string of the molecule is CC(=O)N(C(=O)c1ccc(Br)cc1)N(C(C)=O)C(=O)c1ccc(Br)cc1. The van der Waals surface area contributed by atoms with E-state index in [2.05, 4.69) is 31.9 Å². The summed E-state index contributed by atoms with van der Waals surface area (Å²) in [5.74, 6) is -3.05. The molecule has 0 saturated heterocycles. The molecular weight excluding hydrogens is 468 g/mol. The van der Waals surface area contributed by atoms with Crippen LogP contribution >= 0.6 is 31.9 Å². The predicted molar refractivity (Wildman–Crippen MR) is 102 cm³/mol. The molecule has 0 aliphatic rings. The van der Waals surface area contributed by atoms with E-state index in [0.717, 1.165) is 22.8 Å². The molecule has 0 unspecified atom stereocenters. The van der Waals surface area contributed by atoms with Crippen molar-refractivity contribution in [3.05, 3.63) is 68.6 Å². The summed E-state index contributed by atoms with van der Waals surface area (Å²) < 4.78 is 1.50. The van der Waals surface area contributed by atoms with Gasteiger partial charge in [0.05, 0.1) is 0 Å². The molecule has 0 aromatic heterocycles. The van der Waals surface area contributed by atoms with E-state index < -0.39 is 23.6 Å². The molecule has 0 saturated carbocycles. The number of hydrazine groups is 1. The minimum absolute atomic E-state index is 0.165. The summed E-state index contributed by atoms with van der Waals surface area (Å²) in [6, 6.07) is 12.5. The molecule has 0 bridgehead atoms. The lowest BCUT2D eigenvalue weighted by atomic mass is 10.2. The fourth-order valence-electron chi connectivity index (χ4n) is 2.18. The molecule has 0 heterocycles. The molecule has 2 aromatic carbocycles. The summed E-state index contributed by atoms with van der Waals surface area (Å²) in [5, 5.41) is 1.10. The van der Waals surface area contributed by atoms with Crippen LogP contribution in [-0.2, 0) is 9.59 Å². The average molecular weight is 482 g/mol. The smallest absolute Gasteiger partial charge is 0.273 e. The highest BCUT2D eigenvalue weighted by molar-refractivity contribution is 9.10. The van der Waals surface area contributed by atoms with Crippen molar-refractivity contribution in [2.75, 3.05) is 0 Å². The van der Waals surface area contributed by atoms with Crippen LogP contribution in [-0.4, -0.2) is 33.6 Å². The van der Waals surface area contributed by atoms with Gasteiger partial charge in [-0.05, 0) is 48.5 Å². The van der Waals surface area contributed by atoms with Crippen molar-refractivity contribution in [3.63, 3.8) is 0 Å². The maximum absolute atomic E-state index is 12.8. The first-order valence-corrected chi connectivity index (χ1v) is 9.02. The van der Waals surface area contributed by atoms with E-state index in [4.69, 9.17) is 0 Å². The molecule has 2 aromatic rings. The van der Waals surface area contributed by atoms with Gasteiger partial charge in [0.2, 0.25) is 11.8 Å². The Kier molecular flexibility index (Phi) is 6.44. The number of imide groups is 2. The number of carbonyl (C=O) groups excluding carboxylic acids is 4. The Morgan fingerprint density at radius 1 is 0.615 bits per heavy atom. The van der Waals surface area contributed by atoms with Crippen molar-refractivity contribution in [3.8, 4) is 0 Å². The lowest BCUT2D eigenvalue weighted by Crippen LogP contribution is -2.54. The Labute approximate surface area is 167 Å². The Morgan fingerprint density at radius 2 is 0.885 bits per heavy atom. The zero-order chi connectivity index (χ0) is 19.4. The highest BCUT2D eigenvalue weighted by Gasteiger charge is 2.34. The topological polar surface area (TPSA) is 74.8 Å². The Hall–Kier alpha value is -2.32. The Morgan fingerprint density at radius 3 is 1.12 bits per heavy atom. The van der Waals surface area contributed by atoms with E-state index in [0.29, 0.717) is 10.0 Å². The molecule has 0 N–H and O–H groups in total. The van der Waals surface area contributed by atoms with Crippen LogP contribution in [0.25, 0.3) is 0 Å². The summed E-state index contributed by atoms with van der Waals surface area (Å²) in [6.07, 6.45) is 0. The number of hydrogen-bond donors (Lipinski definition) is 0. The van der Waals surface area contributed by atoms with Gasteiger partial charge in [0.15, 0.2) is 0 Å². The minimum Gasteiger partial charge on any atom is -0.273 e. The van der Waals surface area contributed by atoms with Crippen LogP contribution in [0.1, 0.15) is 34.6 Å². The maximum atomic E-state index is 12.8. The Balaban J connectivity index is 2.46. The summed E-state index contributed by atoms with van der Waals surface area (Å²) in [7, 11) is 0. The van der Waals surface area contributed by atoms with Gasteiger partial charge in [0.1, 0.15) is 0 Å². The second kappa shape index (κ2) is 8.37. The molecule has 2 rings (SSSR count). The van der Waals surface area contributed by atoms with Crippen molar-refractivity contribution in [2.45, 2.75) is 13.8 Å². The molecule has 0 aliphatic carbocycles. The minimum atomic E-state index is -0.773. The summed E-state index contributed by atoms with van der Waals surface area (Å²) in [6.45, 7) is 2.23. The number of nitrogens with zero attached hydrogens (tertiary/aromatic N) is 2. The van der Waals surface area contributed by atoms with Crippen molar-refractivity contribution >= 4 is 55.5 Å². The molecule has 0 spiro atoms. The number of carbonyl (C=O) groups is 4. The molecule has 4 amide bonds. The third-order valence-electron chi connectivity index (χ3n) is 3.36. The van der Waals surface area contributed by atoms with Crippen molar-refractivity contribution in [1.29, 1.82) is 0 Å². The third kappa shape index (κ3) is 4.44. The lowest BCUT2D eigenvalue weighted by Gasteiger charge is -2.29. The van der Waals surface area contributed by atoms with E-state index in [-0.39, 0.29) is 11.1 Å². The standard InChI is InChI=1S/C18H14Br2N2O4/c1-11(23)21(17(25)13-3-7-15(19)8-4-13)22(12(2)24)18(26)14-5-9-16(20)10-6-14/h3-10H,1-2H3. The average Bonchev–Trinajstić information content (AvgIpc) is 2.59. The van der Waals surface area contributed by atoms with Gasteiger partial charge >= 0.3 is 0 Å². The predicted octanol–water partition coefficient (Wildman–Crippen LogP) is 3.80. The number of amides is 4. The number of halogens is 2. The van der Waals surface area contributed by atoms with E-state index in [1.807, 2.05) is 0 Å². The van der Waals surface area contributed by atoms with Crippen molar-refractivity contribution in [1.82, 2.24) is 10.0 Å². The van der Waals surface area contributed by atoms with Gasteiger partial charge < -0.3 is 0 Å². The molecule has 26 heavy (non-hydrogen) atoms. The van der Waals surface area contributed by atoms with Crippen LogP contribution in [0.3, 0.4) is 0 Å². The first-order chi connectivity index (χ1) is 12.2. The van der Waals surface area contributed by atoms with E-state index >= 15 is 0 Å². The molecule has 0 aliphatic heterocycles. The van der Waals surface area contributed by atoms with Crippen LogP contribution in [0.2, 0.25) is 0 Å². The van der Waals surface area contributed by atoms with Crippen molar-refractivity contribution < 1.29 is 19.2 Å². The largest absolute Gasteiger partial charge is 0.280 e. The molecule has 0 atom stereocenters. The fourth-order valence-corrected chi connectivity index (χ4v) is 2.71. The molecule has 0 radical (unpaired) electrons. The van der Waals surface area contributed by atoms with Crippen LogP contribution in [0.5, 0.6) is 0 Å². The first-order valence-electron chi connectivity index (χ1n) is 7.43. The van der Waals surface area contributed by atoms with Gasteiger partial charge in [-0.25, -0.2) is 0 Å². The van der Waals surface area contributed by atoms with Gasteiger partial charge in [0, 0.05) is 33.9 Å². The number of hydrogen-bond acceptors (Lipinski definition) is 4. The molecule has 8 heteroatoms. The zero-order valence-corrected chi connectivity index (χ0v) is 17.1. The molecule has 134 valence electrons. The summed E-state index contributed by atoms with van der Waals surface area (Å²) in [4.78, 5) is 49.7. The normalized spacial score (nSPS) is 10.2. The fraction of sp³-hybridized carbons (Fsp3) is 0.111. The first kappa shape index (κ1) is 20.0. The van der Waals surface area contributed by atoms with E-state index in [1.165, 1.54) is 24.3 Å². The van der Waals surface area contributed by atoms with Crippen LogP contribution in [0.15, 0.2) is 57.5 Å². The second-order valence-electron chi connectivity index (χ2n) is 5.29. The molecular formula is C18H14Br2N2O4. The molecule has 0 fully saturated rings.